The largest absolute Gasteiger partial charge is 0.321 e. The summed E-state index contributed by atoms with van der Waals surface area (Å²) >= 11 is 0. The highest BCUT2D eigenvalue weighted by Gasteiger charge is 2.16. The molecule has 24 heavy (non-hydrogen) atoms. The van der Waals surface area contributed by atoms with E-state index in [-0.39, 0.29) is 17.4 Å². The van der Waals surface area contributed by atoms with Crippen LogP contribution >= 0.6 is 0 Å². The lowest BCUT2D eigenvalue weighted by atomic mass is 10.1. The highest BCUT2D eigenvalue weighted by molar-refractivity contribution is 6.03. The fourth-order valence-electron chi connectivity index (χ4n) is 2.24. The molecule has 0 atom stereocenters. The average Bonchev–Trinajstić information content (AvgIpc) is 2.98. The monoisotopic (exact) mass is 320 g/mol. The minimum absolute atomic E-state index is 0.0190. The van der Waals surface area contributed by atoms with Crippen molar-refractivity contribution in [3.8, 4) is 5.69 Å². The molecule has 0 bridgehead atoms. The lowest BCUT2D eigenvalue weighted by molar-refractivity contribution is 0.101. The minimum atomic E-state index is -0.342. The summed E-state index contributed by atoms with van der Waals surface area (Å²) in [7, 11) is 0. The molecule has 1 heterocycles. The van der Waals surface area contributed by atoms with Crippen LogP contribution < -0.4 is 5.32 Å². The molecule has 1 N–H and O–H groups in total. The molecule has 120 valence electrons. The van der Waals surface area contributed by atoms with E-state index in [4.69, 9.17) is 0 Å². The van der Waals surface area contributed by atoms with Gasteiger partial charge in [-0.2, -0.15) is 9.90 Å². The molecule has 3 aromatic rings. The maximum Gasteiger partial charge on any atom is 0.278 e. The molecule has 0 aliphatic rings. The van der Waals surface area contributed by atoms with E-state index in [1.54, 1.807) is 31.2 Å². The van der Waals surface area contributed by atoms with Gasteiger partial charge in [0.05, 0.1) is 11.4 Å². The van der Waals surface area contributed by atoms with Gasteiger partial charge in [0, 0.05) is 11.3 Å². The Balaban J connectivity index is 1.80. The van der Waals surface area contributed by atoms with Crippen molar-refractivity contribution < 1.29 is 9.59 Å². The van der Waals surface area contributed by atoms with Gasteiger partial charge in [0.25, 0.3) is 5.91 Å². The Labute approximate surface area is 139 Å². The van der Waals surface area contributed by atoms with Gasteiger partial charge in [0.2, 0.25) is 0 Å². The molecule has 1 amide bonds. The second kappa shape index (κ2) is 6.45. The highest BCUT2D eigenvalue weighted by atomic mass is 16.2. The number of nitrogens with zero attached hydrogens (tertiary/aromatic N) is 3. The predicted molar refractivity (Wildman–Crippen MR) is 90.5 cm³/mol. The van der Waals surface area contributed by atoms with E-state index in [1.807, 2.05) is 30.3 Å². The van der Waals surface area contributed by atoms with Gasteiger partial charge in [0.15, 0.2) is 11.5 Å². The van der Waals surface area contributed by atoms with Gasteiger partial charge in [-0.3, -0.25) is 9.59 Å². The lowest BCUT2D eigenvalue weighted by Crippen LogP contribution is -2.14. The van der Waals surface area contributed by atoms with Gasteiger partial charge in [0.1, 0.15) is 0 Å². The Morgan fingerprint density at radius 3 is 2.25 bits per heavy atom. The van der Waals surface area contributed by atoms with Crippen molar-refractivity contribution in [2.75, 3.05) is 5.32 Å². The first-order valence-corrected chi connectivity index (χ1v) is 7.46. The van der Waals surface area contributed by atoms with Crippen LogP contribution in [0.3, 0.4) is 0 Å². The maximum atomic E-state index is 12.4. The van der Waals surface area contributed by atoms with Crippen LogP contribution in [-0.2, 0) is 0 Å². The van der Waals surface area contributed by atoms with E-state index in [1.165, 1.54) is 11.7 Å². The van der Waals surface area contributed by atoms with Gasteiger partial charge in [-0.1, -0.05) is 18.2 Å². The number of hydrogen-bond acceptors (Lipinski definition) is 4. The fourth-order valence-corrected chi connectivity index (χ4v) is 2.24. The van der Waals surface area contributed by atoms with Crippen molar-refractivity contribution in [1.29, 1.82) is 0 Å². The van der Waals surface area contributed by atoms with Crippen LogP contribution in [0.25, 0.3) is 5.69 Å². The zero-order valence-electron chi connectivity index (χ0n) is 13.4. The van der Waals surface area contributed by atoms with Crippen molar-refractivity contribution in [3.63, 3.8) is 0 Å². The second-order valence-corrected chi connectivity index (χ2v) is 5.35. The van der Waals surface area contributed by atoms with Crippen molar-refractivity contribution >= 4 is 17.4 Å². The number of hydrogen-bond donors (Lipinski definition) is 1. The summed E-state index contributed by atoms with van der Waals surface area (Å²) in [5, 5.41) is 11.3. The Morgan fingerprint density at radius 2 is 1.62 bits per heavy atom. The van der Waals surface area contributed by atoms with Gasteiger partial charge in [-0.25, -0.2) is 0 Å². The van der Waals surface area contributed by atoms with E-state index < -0.39 is 0 Å². The summed E-state index contributed by atoms with van der Waals surface area (Å²) < 4.78 is 0. The molecule has 0 saturated carbocycles. The standard InChI is InChI=1S/C18H16N4O2/c1-12-17(21-22(20-12)16-6-4-3-5-7-16)18(24)19-15-10-8-14(9-11-15)13(2)23/h3-11H,1-2H3,(H,19,24). The van der Waals surface area contributed by atoms with E-state index in [0.29, 0.717) is 16.9 Å². The smallest absolute Gasteiger partial charge is 0.278 e. The van der Waals surface area contributed by atoms with Crippen molar-refractivity contribution in [3.05, 3.63) is 71.5 Å². The number of carbonyl (C=O) groups is 2. The third-order valence-corrected chi connectivity index (χ3v) is 3.53. The summed E-state index contributed by atoms with van der Waals surface area (Å²) in [6, 6.07) is 16.1. The molecule has 0 radical (unpaired) electrons. The molecule has 1 aromatic heterocycles. The van der Waals surface area contributed by atoms with Crippen LogP contribution in [0, 0.1) is 6.92 Å². The van der Waals surface area contributed by atoms with Crippen LogP contribution in [-0.4, -0.2) is 26.7 Å². The molecule has 2 aromatic carbocycles. The van der Waals surface area contributed by atoms with E-state index in [2.05, 4.69) is 15.5 Å². The van der Waals surface area contributed by atoms with Gasteiger partial charge in [-0.15, -0.1) is 5.10 Å². The number of ketones is 1. The highest BCUT2D eigenvalue weighted by Crippen LogP contribution is 2.13. The lowest BCUT2D eigenvalue weighted by Gasteiger charge is -2.04. The Hall–Kier alpha value is -3.28. The number of anilines is 1. The molecule has 3 rings (SSSR count). The van der Waals surface area contributed by atoms with Crippen LogP contribution in [0.4, 0.5) is 5.69 Å². The van der Waals surface area contributed by atoms with Gasteiger partial charge >= 0.3 is 0 Å². The quantitative estimate of drug-likeness (QED) is 0.750. The summed E-state index contributed by atoms with van der Waals surface area (Å²) in [5.74, 6) is -0.361. The van der Waals surface area contributed by atoms with Gasteiger partial charge in [-0.05, 0) is 50.2 Å². The first-order chi connectivity index (χ1) is 11.5. The van der Waals surface area contributed by atoms with E-state index in [0.717, 1.165) is 5.69 Å². The number of benzene rings is 2. The SMILES string of the molecule is CC(=O)c1ccc(NC(=O)c2nn(-c3ccccc3)nc2C)cc1. The number of amides is 1. The number of aryl methyl sites for hydroxylation is 1. The van der Waals surface area contributed by atoms with Crippen molar-refractivity contribution in [2.24, 2.45) is 0 Å². The number of para-hydroxylation sites is 1. The summed E-state index contributed by atoms with van der Waals surface area (Å²) in [6.07, 6.45) is 0. The molecule has 0 aliphatic heterocycles. The Morgan fingerprint density at radius 1 is 0.958 bits per heavy atom. The number of aromatic nitrogens is 3. The topological polar surface area (TPSA) is 76.9 Å². The Kier molecular flexibility index (Phi) is 4.20. The average molecular weight is 320 g/mol. The second-order valence-electron chi connectivity index (χ2n) is 5.35. The predicted octanol–water partition coefficient (Wildman–Crippen LogP) is 3.03. The summed E-state index contributed by atoms with van der Waals surface area (Å²) in [5.41, 5.74) is 2.77. The normalized spacial score (nSPS) is 10.4. The van der Waals surface area contributed by atoms with Crippen LogP contribution in [0.5, 0.6) is 0 Å². The first-order valence-electron chi connectivity index (χ1n) is 7.46. The molecule has 0 aliphatic carbocycles. The number of rotatable bonds is 4. The van der Waals surface area contributed by atoms with Crippen molar-refractivity contribution in [1.82, 2.24) is 15.0 Å². The molecule has 0 unspecified atom stereocenters. The van der Waals surface area contributed by atoms with Crippen molar-refractivity contribution in [2.45, 2.75) is 13.8 Å². The third-order valence-electron chi connectivity index (χ3n) is 3.53. The summed E-state index contributed by atoms with van der Waals surface area (Å²) in [4.78, 5) is 25.1. The number of carbonyl (C=O) groups excluding carboxylic acids is 2. The fraction of sp³-hybridized carbons (Fsp3) is 0.111. The Bertz CT molecular complexity index is 883. The van der Waals surface area contributed by atoms with Crippen LogP contribution in [0.2, 0.25) is 0 Å². The minimum Gasteiger partial charge on any atom is -0.321 e. The summed E-state index contributed by atoms with van der Waals surface area (Å²) in [6.45, 7) is 3.24. The first kappa shape index (κ1) is 15.6. The van der Waals surface area contributed by atoms with Gasteiger partial charge < -0.3 is 5.32 Å². The molecule has 0 spiro atoms. The van der Waals surface area contributed by atoms with E-state index >= 15 is 0 Å². The number of Topliss-reactive ketones (excluding diaryl/α,β-unsaturated/α-hetero) is 1. The molecular weight excluding hydrogens is 304 g/mol. The maximum absolute atomic E-state index is 12.4. The zero-order chi connectivity index (χ0) is 17.1. The molecule has 0 saturated heterocycles. The van der Waals surface area contributed by atoms with E-state index in [9.17, 15) is 9.59 Å². The molecule has 0 fully saturated rings. The van der Waals surface area contributed by atoms with Crippen LogP contribution in [0.1, 0.15) is 33.5 Å². The molecule has 6 heteroatoms. The molecular formula is C18H16N4O2. The third kappa shape index (κ3) is 3.22. The zero-order valence-corrected chi connectivity index (χ0v) is 13.4. The number of nitrogens with one attached hydrogen (secondary N) is 1. The van der Waals surface area contributed by atoms with Crippen LogP contribution in [0.15, 0.2) is 54.6 Å². The molecule has 6 nitrogen and oxygen atoms in total.